The number of carbonyl (C=O) groups is 1. The zero-order valence-corrected chi connectivity index (χ0v) is 10.7. The Morgan fingerprint density at radius 1 is 1.29 bits per heavy atom. The number of benzene rings is 1. The molecule has 0 spiro atoms. The normalized spacial score (nSPS) is 23.3. The Kier molecular flexibility index (Phi) is 3.82. The fourth-order valence-corrected chi connectivity index (χ4v) is 2.56. The summed E-state index contributed by atoms with van der Waals surface area (Å²) < 4.78 is 0. The average Bonchev–Trinajstić information content (AvgIpc) is 2.51. The first-order valence-corrected chi connectivity index (χ1v) is 6.53. The predicted octanol–water partition coefficient (Wildman–Crippen LogP) is 3.40. The summed E-state index contributed by atoms with van der Waals surface area (Å²) in [6.45, 7) is 5.27. The summed E-state index contributed by atoms with van der Waals surface area (Å²) in [7, 11) is 0. The van der Waals surface area contributed by atoms with Crippen molar-refractivity contribution in [2.45, 2.75) is 39.2 Å². The largest absolute Gasteiger partial charge is 0.336 e. The van der Waals surface area contributed by atoms with E-state index >= 15 is 0 Å². The van der Waals surface area contributed by atoms with Crippen molar-refractivity contribution in [3.05, 3.63) is 35.9 Å². The van der Waals surface area contributed by atoms with Gasteiger partial charge in [-0.05, 0) is 31.2 Å². The summed E-state index contributed by atoms with van der Waals surface area (Å²) in [6.07, 6.45) is 2.92. The minimum Gasteiger partial charge on any atom is -0.336 e. The van der Waals surface area contributed by atoms with E-state index in [2.05, 4.69) is 26.0 Å². The molecule has 1 fully saturated rings. The molecule has 1 aliphatic heterocycles. The van der Waals surface area contributed by atoms with Crippen molar-refractivity contribution in [2.75, 3.05) is 6.54 Å². The minimum absolute atomic E-state index is 0.198. The van der Waals surface area contributed by atoms with Crippen LogP contribution in [0, 0.1) is 5.92 Å². The van der Waals surface area contributed by atoms with Gasteiger partial charge in [-0.2, -0.15) is 0 Å². The number of amides is 1. The smallest absolute Gasteiger partial charge is 0.223 e. The van der Waals surface area contributed by atoms with Gasteiger partial charge in [-0.25, -0.2) is 0 Å². The zero-order valence-electron chi connectivity index (χ0n) is 10.7. The standard InChI is InChI=1S/C15H21NO/c1-12-7-6-10-15(17)16(11-12)13(2)14-8-4-3-5-9-14/h3-5,8-9,12-13H,6-7,10-11H2,1-2H3/t12-,13+/m1/s1. The second-order valence-electron chi connectivity index (χ2n) is 5.13. The van der Waals surface area contributed by atoms with Crippen LogP contribution < -0.4 is 0 Å². The SMILES string of the molecule is C[C@@H]1CCCC(=O)N([C@@H](C)c2ccccc2)C1. The van der Waals surface area contributed by atoms with Crippen LogP contribution in [0.15, 0.2) is 30.3 Å². The third kappa shape index (κ3) is 2.87. The van der Waals surface area contributed by atoms with Crippen molar-refractivity contribution in [3.63, 3.8) is 0 Å². The highest BCUT2D eigenvalue weighted by molar-refractivity contribution is 5.77. The maximum atomic E-state index is 12.1. The fraction of sp³-hybridized carbons (Fsp3) is 0.533. The topological polar surface area (TPSA) is 20.3 Å². The Morgan fingerprint density at radius 3 is 2.71 bits per heavy atom. The summed E-state index contributed by atoms with van der Waals surface area (Å²) in [5.41, 5.74) is 1.23. The quantitative estimate of drug-likeness (QED) is 0.764. The molecule has 2 rings (SSSR count). The third-order valence-electron chi connectivity index (χ3n) is 3.67. The molecule has 1 aromatic carbocycles. The van der Waals surface area contributed by atoms with Crippen LogP contribution >= 0.6 is 0 Å². The first-order valence-electron chi connectivity index (χ1n) is 6.53. The molecule has 0 aromatic heterocycles. The number of carbonyl (C=O) groups excluding carboxylic acids is 1. The van der Waals surface area contributed by atoms with Crippen molar-refractivity contribution in [3.8, 4) is 0 Å². The van der Waals surface area contributed by atoms with E-state index in [0.717, 1.165) is 13.0 Å². The monoisotopic (exact) mass is 231 g/mol. The second-order valence-corrected chi connectivity index (χ2v) is 5.13. The summed E-state index contributed by atoms with van der Waals surface area (Å²) in [5, 5.41) is 0. The molecule has 0 saturated carbocycles. The molecule has 0 aliphatic carbocycles. The molecule has 1 aliphatic rings. The fourth-order valence-electron chi connectivity index (χ4n) is 2.56. The first-order chi connectivity index (χ1) is 8.18. The summed E-state index contributed by atoms with van der Waals surface area (Å²) in [5.74, 6) is 0.929. The van der Waals surface area contributed by atoms with Gasteiger partial charge < -0.3 is 4.90 Å². The summed E-state index contributed by atoms with van der Waals surface area (Å²) >= 11 is 0. The molecule has 1 saturated heterocycles. The molecule has 0 radical (unpaired) electrons. The molecule has 0 bridgehead atoms. The molecule has 2 heteroatoms. The van der Waals surface area contributed by atoms with Gasteiger partial charge in [-0.3, -0.25) is 4.79 Å². The lowest BCUT2D eigenvalue weighted by Crippen LogP contribution is -2.34. The molecule has 2 nitrogen and oxygen atoms in total. The van der Waals surface area contributed by atoms with E-state index in [1.165, 1.54) is 12.0 Å². The van der Waals surface area contributed by atoms with E-state index < -0.39 is 0 Å². The number of hydrogen-bond donors (Lipinski definition) is 0. The Morgan fingerprint density at radius 2 is 2.00 bits per heavy atom. The van der Waals surface area contributed by atoms with Gasteiger partial charge >= 0.3 is 0 Å². The summed E-state index contributed by atoms with van der Waals surface area (Å²) in [4.78, 5) is 14.1. The van der Waals surface area contributed by atoms with Crippen molar-refractivity contribution in [1.82, 2.24) is 4.90 Å². The maximum Gasteiger partial charge on any atom is 0.223 e. The van der Waals surface area contributed by atoms with Gasteiger partial charge in [0.2, 0.25) is 5.91 Å². The third-order valence-corrected chi connectivity index (χ3v) is 3.67. The van der Waals surface area contributed by atoms with Crippen LogP contribution in [0.4, 0.5) is 0 Å². The van der Waals surface area contributed by atoms with Gasteiger partial charge in [0.25, 0.3) is 0 Å². The molecule has 0 N–H and O–H groups in total. The molecule has 0 unspecified atom stereocenters. The molecule has 1 heterocycles. The number of likely N-dealkylation sites (tertiary alicyclic amines) is 1. The lowest BCUT2D eigenvalue weighted by molar-refractivity contribution is -0.133. The highest BCUT2D eigenvalue weighted by atomic mass is 16.2. The van der Waals surface area contributed by atoms with Gasteiger partial charge in [0, 0.05) is 13.0 Å². The zero-order chi connectivity index (χ0) is 12.3. The van der Waals surface area contributed by atoms with Crippen molar-refractivity contribution in [2.24, 2.45) is 5.92 Å². The molecule has 2 atom stereocenters. The Balaban J connectivity index is 2.16. The lowest BCUT2D eigenvalue weighted by Gasteiger charge is -2.30. The van der Waals surface area contributed by atoms with Crippen molar-refractivity contribution in [1.29, 1.82) is 0 Å². The van der Waals surface area contributed by atoms with E-state index in [0.29, 0.717) is 18.2 Å². The molecule has 1 aromatic rings. The maximum absolute atomic E-state index is 12.1. The van der Waals surface area contributed by atoms with E-state index in [1.54, 1.807) is 0 Å². The van der Waals surface area contributed by atoms with Crippen LogP contribution in [-0.4, -0.2) is 17.4 Å². The molecule has 1 amide bonds. The van der Waals surface area contributed by atoms with Crippen LogP contribution in [0.3, 0.4) is 0 Å². The Hall–Kier alpha value is -1.31. The summed E-state index contributed by atoms with van der Waals surface area (Å²) in [6, 6.07) is 10.5. The molecule has 92 valence electrons. The van der Waals surface area contributed by atoms with Crippen LogP contribution in [-0.2, 0) is 4.79 Å². The van der Waals surface area contributed by atoms with Crippen LogP contribution in [0.2, 0.25) is 0 Å². The van der Waals surface area contributed by atoms with Crippen LogP contribution in [0.25, 0.3) is 0 Å². The van der Waals surface area contributed by atoms with Crippen LogP contribution in [0.1, 0.15) is 44.7 Å². The Bertz CT molecular complexity index is 374. The number of nitrogens with zero attached hydrogens (tertiary/aromatic N) is 1. The van der Waals surface area contributed by atoms with Gasteiger partial charge in [-0.1, -0.05) is 37.3 Å². The second kappa shape index (κ2) is 5.35. The minimum atomic E-state index is 0.198. The van der Waals surface area contributed by atoms with Gasteiger partial charge in [0.05, 0.1) is 6.04 Å². The number of rotatable bonds is 2. The molecular formula is C15H21NO. The highest BCUT2D eigenvalue weighted by Crippen LogP contribution is 2.26. The van der Waals surface area contributed by atoms with E-state index in [4.69, 9.17) is 0 Å². The van der Waals surface area contributed by atoms with Crippen molar-refractivity contribution >= 4 is 5.91 Å². The van der Waals surface area contributed by atoms with Gasteiger partial charge in [0.1, 0.15) is 0 Å². The first kappa shape index (κ1) is 12.2. The van der Waals surface area contributed by atoms with Gasteiger partial charge in [0.15, 0.2) is 0 Å². The average molecular weight is 231 g/mol. The van der Waals surface area contributed by atoms with Crippen molar-refractivity contribution < 1.29 is 4.79 Å². The lowest BCUT2D eigenvalue weighted by atomic mass is 10.0. The van der Waals surface area contributed by atoms with E-state index in [1.807, 2.05) is 23.1 Å². The number of hydrogen-bond acceptors (Lipinski definition) is 1. The molecular weight excluding hydrogens is 210 g/mol. The van der Waals surface area contributed by atoms with Crippen LogP contribution in [0.5, 0.6) is 0 Å². The van der Waals surface area contributed by atoms with E-state index in [9.17, 15) is 4.79 Å². The van der Waals surface area contributed by atoms with Gasteiger partial charge in [-0.15, -0.1) is 0 Å². The molecule has 17 heavy (non-hydrogen) atoms. The van der Waals surface area contributed by atoms with E-state index in [-0.39, 0.29) is 6.04 Å². The highest BCUT2D eigenvalue weighted by Gasteiger charge is 2.25. The predicted molar refractivity (Wildman–Crippen MR) is 69.6 cm³/mol. The Labute approximate surface area is 104 Å².